The number of aliphatic hydroxyl groups excluding tert-OH is 2. The van der Waals surface area contributed by atoms with Gasteiger partial charge in [-0.3, -0.25) is 0 Å². The molecule has 3 fully saturated rings. The Morgan fingerprint density at radius 1 is 1.12 bits per heavy atom. The molecule has 194 valence electrons. The number of rotatable bonds is 10. The fourth-order valence-electron chi connectivity index (χ4n) is 7.94. The lowest BCUT2D eigenvalue weighted by atomic mass is 9.60. The molecule has 3 saturated carbocycles. The topological polar surface area (TPSA) is 60.7 Å². The van der Waals surface area contributed by atoms with Crippen molar-refractivity contribution in [2.45, 2.75) is 135 Å². The maximum Gasteiger partial charge on any atom is 0.0811 e. The van der Waals surface area contributed by atoms with E-state index in [0.29, 0.717) is 30.1 Å². The van der Waals surface area contributed by atoms with Crippen LogP contribution in [0.1, 0.15) is 118 Å². The van der Waals surface area contributed by atoms with Gasteiger partial charge in [-0.25, -0.2) is 0 Å². The van der Waals surface area contributed by atoms with Crippen molar-refractivity contribution < 1.29 is 15.3 Å². The van der Waals surface area contributed by atoms with Gasteiger partial charge in [0, 0.05) is 6.42 Å². The van der Waals surface area contributed by atoms with Gasteiger partial charge >= 0.3 is 0 Å². The van der Waals surface area contributed by atoms with Crippen LogP contribution in [0.5, 0.6) is 0 Å². The molecular formula is C31H52O3. The minimum absolute atomic E-state index is 0.369. The summed E-state index contributed by atoms with van der Waals surface area (Å²) in [6, 6.07) is 0. The van der Waals surface area contributed by atoms with Crippen LogP contribution in [-0.4, -0.2) is 33.1 Å². The van der Waals surface area contributed by atoms with Crippen LogP contribution in [0.2, 0.25) is 0 Å². The molecule has 0 amide bonds. The number of hydrogen-bond donors (Lipinski definition) is 3. The van der Waals surface area contributed by atoms with Crippen LogP contribution in [0.4, 0.5) is 0 Å². The molecule has 3 aliphatic carbocycles. The highest BCUT2D eigenvalue weighted by molar-refractivity contribution is 5.38. The Bertz CT molecular complexity index is 744. The Morgan fingerprint density at radius 2 is 1.82 bits per heavy atom. The minimum Gasteiger partial charge on any atom is -0.393 e. The molecule has 3 heteroatoms. The zero-order valence-electron chi connectivity index (χ0n) is 22.5. The summed E-state index contributed by atoms with van der Waals surface area (Å²) < 4.78 is 0. The summed E-state index contributed by atoms with van der Waals surface area (Å²) in [5.74, 6) is 2.10. The van der Waals surface area contributed by atoms with Crippen molar-refractivity contribution >= 4 is 0 Å². The molecule has 1 unspecified atom stereocenters. The van der Waals surface area contributed by atoms with Crippen molar-refractivity contribution in [3.8, 4) is 0 Å². The summed E-state index contributed by atoms with van der Waals surface area (Å²) in [5, 5.41) is 31.3. The summed E-state index contributed by atoms with van der Waals surface area (Å²) >= 11 is 0. The fourth-order valence-corrected chi connectivity index (χ4v) is 7.94. The summed E-state index contributed by atoms with van der Waals surface area (Å²) in [6.07, 6.45) is 18.0. The van der Waals surface area contributed by atoms with Gasteiger partial charge in [-0.15, -0.1) is 0 Å². The molecule has 0 saturated heterocycles. The monoisotopic (exact) mass is 472 g/mol. The van der Waals surface area contributed by atoms with E-state index in [1.54, 1.807) is 5.57 Å². The Hall–Kier alpha value is -0.900. The zero-order chi connectivity index (χ0) is 24.9. The Balaban J connectivity index is 1.65. The standard InChI is InChI=1S/C31H52O3/c1-6-16-31(34,17-7-2)19-8-10-22(3)27-14-15-28-24(11-9-18-30(27,28)5)12-13-25-20-26(32)21-29(33)23(25)4/h12-13,22,26-29,32-34H,4,6-11,14-21H2,1-3,5H3/b24-12?,25-13-/t22-,26-,27-,28?,29-,30-/m1/s1. The Labute approximate surface area is 209 Å². The summed E-state index contributed by atoms with van der Waals surface area (Å²) in [4.78, 5) is 0. The second-order valence-electron chi connectivity index (χ2n) is 12.3. The van der Waals surface area contributed by atoms with Gasteiger partial charge < -0.3 is 15.3 Å². The van der Waals surface area contributed by atoms with Crippen LogP contribution in [0.3, 0.4) is 0 Å². The normalized spacial score (nSPS) is 35.7. The number of fused-ring (bicyclic) bond motifs is 1. The maximum absolute atomic E-state index is 11.0. The van der Waals surface area contributed by atoms with Gasteiger partial charge in [0.05, 0.1) is 17.8 Å². The lowest BCUT2D eigenvalue weighted by molar-refractivity contribution is 0.00771. The molecule has 0 aromatic rings. The van der Waals surface area contributed by atoms with Gasteiger partial charge in [0.25, 0.3) is 0 Å². The van der Waals surface area contributed by atoms with Crippen LogP contribution in [0.15, 0.2) is 35.5 Å². The first-order chi connectivity index (χ1) is 16.1. The molecule has 3 rings (SSSR count). The zero-order valence-corrected chi connectivity index (χ0v) is 22.5. The second-order valence-corrected chi connectivity index (χ2v) is 12.3. The molecule has 0 heterocycles. The van der Waals surface area contributed by atoms with Crippen LogP contribution in [0, 0.1) is 23.2 Å². The molecule has 0 aromatic carbocycles. The quantitative estimate of drug-likeness (QED) is 0.313. The molecular weight excluding hydrogens is 420 g/mol. The van der Waals surface area contributed by atoms with Gasteiger partial charge in [0.2, 0.25) is 0 Å². The molecule has 3 aliphatic rings. The highest BCUT2D eigenvalue weighted by Gasteiger charge is 2.50. The summed E-state index contributed by atoms with van der Waals surface area (Å²) in [6.45, 7) is 13.5. The molecule has 0 spiro atoms. The van der Waals surface area contributed by atoms with E-state index < -0.39 is 17.8 Å². The average molecular weight is 473 g/mol. The van der Waals surface area contributed by atoms with E-state index in [0.717, 1.165) is 55.6 Å². The van der Waals surface area contributed by atoms with Crippen molar-refractivity contribution in [3.05, 3.63) is 35.5 Å². The van der Waals surface area contributed by atoms with E-state index in [-0.39, 0.29) is 0 Å². The Morgan fingerprint density at radius 3 is 2.50 bits per heavy atom. The van der Waals surface area contributed by atoms with E-state index in [2.05, 4.69) is 46.4 Å². The lowest BCUT2D eigenvalue weighted by Crippen LogP contribution is -2.36. The average Bonchev–Trinajstić information content (AvgIpc) is 3.13. The first kappa shape index (κ1) is 27.7. The van der Waals surface area contributed by atoms with Gasteiger partial charge in [0.15, 0.2) is 0 Å². The first-order valence-corrected chi connectivity index (χ1v) is 14.3. The van der Waals surface area contributed by atoms with E-state index in [9.17, 15) is 15.3 Å². The SMILES string of the molecule is C=C1/C(=C\C=C2CCC[C@@]3(C)C2CC[C@@H]3[C@H](C)CCCC(O)(CCC)CCC)C[C@@H](O)C[C@H]1O. The van der Waals surface area contributed by atoms with E-state index in [4.69, 9.17) is 0 Å². The predicted octanol–water partition coefficient (Wildman–Crippen LogP) is 7.27. The smallest absolute Gasteiger partial charge is 0.0811 e. The number of aliphatic hydroxyl groups is 3. The third-order valence-corrected chi connectivity index (χ3v) is 9.72. The molecule has 0 aromatic heterocycles. The van der Waals surface area contributed by atoms with Crippen LogP contribution in [-0.2, 0) is 0 Å². The van der Waals surface area contributed by atoms with Crippen LogP contribution < -0.4 is 0 Å². The lowest BCUT2D eigenvalue weighted by Gasteiger charge is -2.44. The molecule has 0 radical (unpaired) electrons. The highest BCUT2D eigenvalue weighted by atomic mass is 16.3. The minimum atomic E-state index is -0.617. The Kier molecular flexibility index (Phi) is 9.68. The van der Waals surface area contributed by atoms with Crippen LogP contribution in [0.25, 0.3) is 0 Å². The molecule has 0 aliphatic heterocycles. The maximum atomic E-state index is 11.0. The summed E-state index contributed by atoms with van der Waals surface area (Å²) in [5.41, 5.74) is 3.28. The van der Waals surface area contributed by atoms with Crippen molar-refractivity contribution in [2.75, 3.05) is 0 Å². The third kappa shape index (κ3) is 6.26. The molecule has 6 atom stereocenters. The number of hydrogen-bond acceptors (Lipinski definition) is 3. The summed E-state index contributed by atoms with van der Waals surface area (Å²) in [7, 11) is 0. The van der Waals surface area contributed by atoms with Gasteiger partial charge in [0.1, 0.15) is 0 Å². The van der Waals surface area contributed by atoms with E-state index in [1.807, 2.05) is 0 Å². The highest BCUT2D eigenvalue weighted by Crippen LogP contribution is 2.60. The van der Waals surface area contributed by atoms with Crippen molar-refractivity contribution in [1.82, 2.24) is 0 Å². The van der Waals surface area contributed by atoms with Crippen molar-refractivity contribution in [2.24, 2.45) is 23.2 Å². The van der Waals surface area contributed by atoms with Gasteiger partial charge in [-0.2, -0.15) is 0 Å². The third-order valence-electron chi connectivity index (χ3n) is 9.72. The van der Waals surface area contributed by atoms with Crippen molar-refractivity contribution in [3.63, 3.8) is 0 Å². The second kappa shape index (κ2) is 11.9. The van der Waals surface area contributed by atoms with Crippen LogP contribution >= 0.6 is 0 Å². The largest absolute Gasteiger partial charge is 0.393 e. The van der Waals surface area contributed by atoms with Crippen molar-refractivity contribution in [1.29, 1.82) is 0 Å². The predicted molar refractivity (Wildman–Crippen MR) is 143 cm³/mol. The van der Waals surface area contributed by atoms with E-state index >= 15 is 0 Å². The fraction of sp³-hybridized carbons (Fsp3) is 0.806. The molecule has 0 bridgehead atoms. The number of allylic oxidation sites excluding steroid dienone is 3. The molecule has 3 nitrogen and oxygen atoms in total. The first-order valence-electron chi connectivity index (χ1n) is 14.3. The van der Waals surface area contributed by atoms with Gasteiger partial charge in [-0.1, -0.05) is 77.7 Å². The van der Waals surface area contributed by atoms with E-state index in [1.165, 1.54) is 38.5 Å². The van der Waals surface area contributed by atoms with Gasteiger partial charge in [-0.05, 0) is 92.1 Å². The molecule has 34 heavy (non-hydrogen) atoms. The molecule has 3 N–H and O–H groups in total.